The lowest BCUT2D eigenvalue weighted by Gasteiger charge is -2.39. The third-order valence-electron chi connectivity index (χ3n) is 9.86. The van der Waals surface area contributed by atoms with Gasteiger partial charge in [0.25, 0.3) is 5.91 Å². The normalized spacial score (nSPS) is 26.5. The Morgan fingerprint density at radius 3 is 2.59 bits per heavy atom. The number of halogens is 1. The van der Waals surface area contributed by atoms with Gasteiger partial charge in [0, 0.05) is 23.5 Å². The van der Waals surface area contributed by atoms with Gasteiger partial charge in [-0.05, 0) is 62.8 Å². The van der Waals surface area contributed by atoms with Crippen LogP contribution in [-0.2, 0) is 35.1 Å². The Balaban J connectivity index is 1.53. The molecule has 0 aliphatic carbocycles. The molecule has 1 spiro atoms. The Kier molecular flexibility index (Phi) is 11.5. The van der Waals surface area contributed by atoms with Crippen molar-refractivity contribution in [3.63, 3.8) is 0 Å². The van der Waals surface area contributed by atoms with Crippen molar-refractivity contribution in [2.75, 3.05) is 24.6 Å². The Bertz CT molecular complexity index is 1580. The molecule has 3 saturated heterocycles. The second-order valence-electron chi connectivity index (χ2n) is 13.3. The van der Waals surface area contributed by atoms with Gasteiger partial charge in [-0.2, -0.15) is 0 Å². The number of hydrogen-bond acceptors (Lipinski definition) is 7. The molecule has 2 aromatic carbocycles. The molecular weight excluding hydrogens is 690 g/mol. The maximum absolute atomic E-state index is 15.1. The van der Waals surface area contributed by atoms with Crippen molar-refractivity contribution in [3.8, 4) is 0 Å². The number of ether oxygens (including phenoxy) is 2. The molecule has 3 heterocycles. The molecule has 3 fully saturated rings. The van der Waals surface area contributed by atoms with E-state index in [1.54, 1.807) is 24.0 Å². The summed E-state index contributed by atoms with van der Waals surface area (Å²) in [5.74, 6) is -3.64. The molecule has 2 aromatic rings. The van der Waals surface area contributed by atoms with Crippen molar-refractivity contribution in [2.45, 2.75) is 81.2 Å². The predicted octanol–water partition coefficient (Wildman–Crippen LogP) is 4.19. The lowest BCUT2D eigenvalue weighted by atomic mass is 9.70. The standard InChI is InChI=1S/C38H46BrN3O7/c1-6-8-14-30(44)40-21-25(5)48-37(47)31-32-35(45)42(27(22-43)19-26-12-10-9-11-13-26)34(38(32)20-28(39)33(31)49-38)36(46)41(17-7-2)29-18-23(3)15-16-24(29)4/h6-7,9-13,15-16,18,25,27-28,31-34,43H,1-2,8,14,17,19-22H2,3-5H3,(H,40,44)/t25-,27+,28?,31+,32-,33+,34+,38-/m0/s1. The van der Waals surface area contributed by atoms with Gasteiger partial charge >= 0.3 is 5.97 Å². The lowest BCUT2D eigenvalue weighted by Crippen LogP contribution is -2.59. The van der Waals surface area contributed by atoms with E-state index in [0.717, 1.165) is 16.7 Å². The zero-order valence-electron chi connectivity index (χ0n) is 28.3. The Hall–Kier alpha value is -3.80. The van der Waals surface area contributed by atoms with Crippen LogP contribution >= 0.6 is 15.9 Å². The number of carbonyl (C=O) groups is 4. The highest BCUT2D eigenvalue weighted by molar-refractivity contribution is 9.09. The average molecular weight is 737 g/mol. The van der Waals surface area contributed by atoms with Gasteiger partial charge < -0.3 is 29.7 Å². The van der Waals surface area contributed by atoms with Crippen molar-refractivity contribution < 1.29 is 33.8 Å². The summed E-state index contributed by atoms with van der Waals surface area (Å²) in [6, 6.07) is 13.4. The fraction of sp³-hybridized carbons (Fsp3) is 0.474. The number of benzene rings is 2. The van der Waals surface area contributed by atoms with Gasteiger partial charge in [-0.3, -0.25) is 19.2 Å². The van der Waals surface area contributed by atoms with Crippen molar-refractivity contribution in [2.24, 2.45) is 11.8 Å². The number of aliphatic hydroxyl groups excluding tert-OH is 1. The molecule has 5 rings (SSSR count). The van der Waals surface area contributed by atoms with Gasteiger partial charge in [-0.25, -0.2) is 0 Å². The van der Waals surface area contributed by atoms with Gasteiger partial charge in [-0.1, -0.05) is 70.5 Å². The van der Waals surface area contributed by atoms with Gasteiger partial charge in [0.15, 0.2) is 0 Å². The highest BCUT2D eigenvalue weighted by Gasteiger charge is 2.77. The first-order chi connectivity index (χ1) is 23.5. The summed E-state index contributed by atoms with van der Waals surface area (Å²) in [6.07, 6.45) is 3.30. The molecule has 3 aliphatic heterocycles. The molecule has 49 heavy (non-hydrogen) atoms. The van der Waals surface area contributed by atoms with Gasteiger partial charge in [0.05, 0.1) is 37.1 Å². The SMILES string of the molecule is C=CCCC(=O)NC[C@H](C)OC(=O)[C@H]1[C@@H]2O[C@@]3(CC2Br)[C@@H]1C(=O)N([C@@H](CO)Cc1ccccc1)[C@@H]3C(=O)N(CC=C)c1cc(C)ccc1C. The molecule has 10 nitrogen and oxygen atoms in total. The van der Waals surface area contributed by atoms with Gasteiger partial charge in [0.2, 0.25) is 11.8 Å². The minimum atomic E-state index is -1.36. The van der Waals surface area contributed by atoms with Crippen LogP contribution in [0.4, 0.5) is 5.69 Å². The minimum absolute atomic E-state index is 0.102. The highest BCUT2D eigenvalue weighted by atomic mass is 79.9. The number of likely N-dealkylation sites (tertiary alicyclic amines) is 1. The Morgan fingerprint density at radius 2 is 1.92 bits per heavy atom. The molecule has 0 radical (unpaired) electrons. The number of aryl methyl sites for hydroxylation is 2. The smallest absolute Gasteiger partial charge is 0.312 e. The molecule has 0 aromatic heterocycles. The molecule has 0 saturated carbocycles. The molecule has 2 bridgehead atoms. The number of anilines is 1. The fourth-order valence-corrected chi connectivity index (χ4v) is 8.58. The monoisotopic (exact) mass is 735 g/mol. The first-order valence-electron chi connectivity index (χ1n) is 16.8. The van der Waals surface area contributed by atoms with E-state index in [9.17, 15) is 19.5 Å². The Labute approximate surface area is 296 Å². The maximum atomic E-state index is 15.1. The second kappa shape index (κ2) is 15.4. The Morgan fingerprint density at radius 1 is 1.18 bits per heavy atom. The molecule has 3 amide bonds. The molecule has 3 aliphatic rings. The number of allylic oxidation sites excluding steroid dienone is 1. The van der Waals surface area contributed by atoms with E-state index in [1.807, 2.05) is 62.4 Å². The summed E-state index contributed by atoms with van der Waals surface area (Å²) >= 11 is 3.72. The maximum Gasteiger partial charge on any atom is 0.312 e. The summed E-state index contributed by atoms with van der Waals surface area (Å²) in [5.41, 5.74) is 2.04. The van der Waals surface area contributed by atoms with Crippen LogP contribution < -0.4 is 10.2 Å². The molecule has 262 valence electrons. The first kappa shape index (κ1) is 36.5. The number of carbonyl (C=O) groups excluding carboxylic acids is 4. The van der Waals surface area contributed by atoms with Crippen LogP contribution in [-0.4, -0.2) is 88.1 Å². The van der Waals surface area contributed by atoms with Crippen LogP contribution in [0.25, 0.3) is 0 Å². The number of alkyl halides is 1. The largest absolute Gasteiger partial charge is 0.460 e. The van der Waals surface area contributed by atoms with Crippen LogP contribution in [0.1, 0.15) is 42.9 Å². The molecular formula is C38H46BrN3O7. The second-order valence-corrected chi connectivity index (χ2v) is 14.5. The summed E-state index contributed by atoms with van der Waals surface area (Å²) < 4.78 is 12.5. The van der Waals surface area contributed by atoms with E-state index >= 15 is 4.79 Å². The summed E-state index contributed by atoms with van der Waals surface area (Å²) in [6.45, 7) is 13.0. The van der Waals surface area contributed by atoms with Gasteiger partial charge in [-0.15, -0.1) is 13.2 Å². The number of aliphatic hydroxyl groups is 1. The number of esters is 1. The average Bonchev–Trinajstić information content (AvgIpc) is 3.68. The summed E-state index contributed by atoms with van der Waals surface area (Å²) in [5, 5.41) is 13.6. The predicted molar refractivity (Wildman–Crippen MR) is 190 cm³/mol. The number of fused-ring (bicyclic) bond motifs is 1. The van der Waals surface area contributed by atoms with Crippen LogP contribution in [0.15, 0.2) is 73.8 Å². The van der Waals surface area contributed by atoms with E-state index in [4.69, 9.17) is 9.47 Å². The quantitative estimate of drug-likeness (QED) is 0.160. The third-order valence-corrected chi connectivity index (χ3v) is 10.7. The number of amides is 3. The number of rotatable bonds is 15. The molecule has 11 heteroatoms. The van der Waals surface area contributed by atoms with Crippen molar-refractivity contribution >= 4 is 45.3 Å². The number of nitrogens with zero attached hydrogens (tertiary/aromatic N) is 2. The zero-order valence-corrected chi connectivity index (χ0v) is 29.9. The van der Waals surface area contributed by atoms with Crippen molar-refractivity contribution in [1.29, 1.82) is 0 Å². The topological polar surface area (TPSA) is 125 Å². The molecule has 1 unspecified atom stereocenters. The summed E-state index contributed by atoms with van der Waals surface area (Å²) in [7, 11) is 0. The van der Waals surface area contributed by atoms with Crippen molar-refractivity contribution in [3.05, 3.63) is 90.5 Å². The highest BCUT2D eigenvalue weighted by Crippen LogP contribution is 2.61. The van der Waals surface area contributed by atoms with E-state index in [-0.39, 0.29) is 36.2 Å². The minimum Gasteiger partial charge on any atom is -0.460 e. The zero-order chi connectivity index (χ0) is 35.5. The lowest BCUT2D eigenvalue weighted by molar-refractivity contribution is -0.159. The van der Waals surface area contributed by atoms with Crippen LogP contribution in [0, 0.1) is 25.7 Å². The number of hydrogen-bond donors (Lipinski definition) is 2. The molecule has 8 atom stereocenters. The number of nitrogens with one attached hydrogen (secondary N) is 1. The van der Waals surface area contributed by atoms with E-state index in [1.165, 1.54) is 4.90 Å². The molecule has 2 N–H and O–H groups in total. The first-order valence-corrected chi connectivity index (χ1v) is 17.7. The van der Waals surface area contributed by atoms with Crippen LogP contribution in [0.5, 0.6) is 0 Å². The van der Waals surface area contributed by atoms with Crippen molar-refractivity contribution in [1.82, 2.24) is 10.2 Å². The van der Waals surface area contributed by atoms with Crippen LogP contribution in [0.3, 0.4) is 0 Å². The summed E-state index contributed by atoms with van der Waals surface area (Å²) in [4.78, 5) is 58.8. The van der Waals surface area contributed by atoms with Crippen LogP contribution in [0.2, 0.25) is 0 Å². The third kappa shape index (κ3) is 7.11. The van der Waals surface area contributed by atoms with E-state index < -0.39 is 60.2 Å². The van der Waals surface area contributed by atoms with Gasteiger partial charge in [0.1, 0.15) is 17.7 Å². The fourth-order valence-electron chi connectivity index (χ4n) is 7.64. The van der Waals surface area contributed by atoms with E-state index in [0.29, 0.717) is 24.9 Å². The van der Waals surface area contributed by atoms with E-state index in [2.05, 4.69) is 34.4 Å².